The number of rotatable bonds is 5. The largest absolute Gasteiger partial charge is 0.209 e. The van der Waals surface area contributed by atoms with Gasteiger partial charge in [0.1, 0.15) is 0 Å². The van der Waals surface area contributed by atoms with E-state index in [4.69, 9.17) is 0 Å². The highest BCUT2D eigenvalue weighted by atomic mass is 32.2. The first-order valence-electron chi connectivity index (χ1n) is 3.74. The van der Waals surface area contributed by atoms with Crippen LogP contribution in [0.1, 0.15) is 5.56 Å². The second kappa shape index (κ2) is 6.60. The molecule has 0 aliphatic rings. The van der Waals surface area contributed by atoms with Crippen LogP contribution in [0.2, 0.25) is 0 Å². The van der Waals surface area contributed by atoms with Crippen molar-refractivity contribution >= 4 is 37.3 Å². The van der Waals surface area contributed by atoms with Gasteiger partial charge in [0, 0.05) is 27.6 Å². The molecule has 0 bridgehead atoms. The molecule has 0 atom stereocenters. The van der Waals surface area contributed by atoms with Crippen molar-refractivity contribution in [3.63, 3.8) is 0 Å². The van der Waals surface area contributed by atoms with Gasteiger partial charge in [0.25, 0.3) is 0 Å². The number of hydrogen-bond acceptors (Lipinski definition) is 6. The summed E-state index contributed by atoms with van der Waals surface area (Å²) in [4.78, 5) is 5.95. The fraction of sp³-hybridized carbons (Fsp3) is 0.250. The predicted octanol–water partition coefficient (Wildman–Crippen LogP) is 2.92. The zero-order valence-corrected chi connectivity index (χ0v) is 10.1. The van der Waals surface area contributed by atoms with Gasteiger partial charge < -0.3 is 0 Å². The van der Waals surface area contributed by atoms with Crippen molar-refractivity contribution in [1.82, 2.24) is 0 Å². The van der Waals surface area contributed by atoms with E-state index in [1.807, 2.05) is 18.2 Å². The Morgan fingerprint density at radius 3 is 2.86 bits per heavy atom. The molecule has 6 heteroatoms. The minimum Gasteiger partial charge on any atom is -0.209 e. The maximum atomic E-state index is 4.62. The Morgan fingerprint density at radius 2 is 2.14 bits per heavy atom. The van der Waals surface area contributed by atoms with Crippen LogP contribution in [-0.4, -0.2) is 7.11 Å². The van der Waals surface area contributed by atoms with Gasteiger partial charge in [-0.2, -0.15) is 0 Å². The monoisotopic (exact) mass is 250 g/mol. The third kappa shape index (κ3) is 3.72. The molecule has 0 saturated carbocycles. The first-order chi connectivity index (χ1) is 6.75. The van der Waals surface area contributed by atoms with E-state index >= 15 is 0 Å². The zero-order valence-electron chi connectivity index (χ0n) is 7.47. The van der Waals surface area contributed by atoms with Crippen LogP contribution in [0.4, 0.5) is 0 Å². The lowest BCUT2D eigenvalue weighted by molar-refractivity contribution is -0.447. The summed E-state index contributed by atoms with van der Waals surface area (Å²) >= 11 is 9.69. The van der Waals surface area contributed by atoms with Gasteiger partial charge in [-0.15, -0.1) is 29.6 Å². The highest BCUT2D eigenvalue weighted by Crippen LogP contribution is 2.25. The summed E-state index contributed by atoms with van der Waals surface area (Å²) in [6.45, 7) is 0. The molecule has 0 fully saturated rings. The molecule has 0 heterocycles. The normalized spacial score (nSPS) is 10.5. The van der Waals surface area contributed by atoms with E-state index < -0.39 is 0 Å². The van der Waals surface area contributed by atoms with Crippen LogP contribution in [0.5, 0.6) is 0 Å². The van der Waals surface area contributed by atoms with Crippen molar-refractivity contribution in [3.05, 3.63) is 23.8 Å². The summed E-state index contributed by atoms with van der Waals surface area (Å²) in [6.07, 6.45) is 0. The summed E-state index contributed by atoms with van der Waals surface area (Å²) in [6, 6.07) is 5.74. The molecule has 0 saturated heterocycles. The molecule has 0 unspecified atom stereocenters. The van der Waals surface area contributed by atoms with Crippen molar-refractivity contribution in [3.8, 4) is 0 Å². The number of hydrogen-bond donors (Lipinski definition) is 2. The van der Waals surface area contributed by atoms with Gasteiger partial charge in [-0.3, -0.25) is 0 Å². The lowest BCUT2D eigenvalue weighted by Gasteiger charge is -2.05. The molecule has 0 aliphatic carbocycles. The summed E-state index contributed by atoms with van der Waals surface area (Å²) in [5, 5.41) is 4.24. The molecule has 0 N–H and O–H groups in total. The van der Waals surface area contributed by atoms with Crippen LogP contribution in [-0.2, 0) is 20.0 Å². The fourth-order valence-electron chi connectivity index (χ4n) is 0.829. The minimum absolute atomic E-state index is 0.622. The number of benzene rings is 1. The van der Waals surface area contributed by atoms with E-state index in [2.05, 4.69) is 39.5 Å². The van der Waals surface area contributed by atoms with Crippen LogP contribution in [0, 0.1) is 0 Å². The maximum absolute atomic E-state index is 4.62. The zero-order chi connectivity index (χ0) is 10.4. The molecule has 0 radical (unpaired) electrons. The minimum atomic E-state index is 0.622. The molecule has 3 nitrogen and oxygen atoms in total. The third-order valence-electron chi connectivity index (χ3n) is 1.46. The average molecular weight is 250 g/mol. The van der Waals surface area contributed by atoms with Gasteiger partial charge in [0.05, 0.1) is 7.11 Å². The van der Waals surface area contributed by atoms with Gasteiger partial charge >= 0.3 is 0 Å². The quantitative estimate of drug-likeness (QED) is 0.276. The lowest BCUT2D eigenvalue weighted by Crippen LogP contribution is -1.88. The van der Waals surface area contributed by atoms with E-state index in [1.165, 1.54) is 7.11 Å². The Bertz CT molecular complexity index is 293. The molecule has 78 valence electrons. The maximum Gasteiger partial charge on any atom is 0.0744 e. The van der Waals surface area contributed by atoms with Crippen LogP contribution in [0.25, 0.3) is 0 Å². The Kier molecular flexibility index (Phi) is 5.76. The SMILES string of the molecule is COOOSCc1cccc(S)c1S. The third-order valence-corrected chi connectivity index (χ3v) is 3.11. The molecular weight excluding hydrogens is 240 g/mol. The van der Waals surface area contributed by atoms with Crippen molar-refractivity contribution in [1.29, 1.82) is 0 Å². The van der Waals surface area contributed by atoms with Crippen LogP contribution < -0.4 is 0 Å². The second-order valence-electron chi connectivity index (χ2n) is 2.35. The second-order valence-corrected chi connectivity index (χ2v) is 3.94. The Labute approximate surface area is 98.0 Å². The van der Waals surface area contributed by atoms with Crippen LogP contribution in [0.15, 0.2) is 28.0 Å². The first-order valence-corrected chi connectivity index (χ1v) is 5.55. The molecule has 1 aromatic rings. The topological polar surface area (TPSA) is 27.7 Å². The van der Waals surface area contributed by atoms with Crippen molar-refractivity contribution in [2.45, 2.75) is 15.5 Å². The molecule has 14 heavy (non-hydrogen) atoms. The van der Waals surface area contributed by atoms with Crippen LogP contribution >= 0.6 is 37.3 Å². The highest BCUT2D eigenvalue weighted by molar-refractivity contribution is 7.93. The van der Waals surface area contributed by atoms with Gasteiger partial charge in [0.2, 0.25) is 0 Å². The average Bonchev–Trinajstić information content (AvgIpc) is 2.19. The predicted molar refractivity (Wildman–Crippen MR) is 61.4 cm³/mol. The van der Waals surface area contributed by atoms with E-state index in [9.17, 15) is 0 Å². The molecule has 0 aromatic heterocycles. The van der Waals surface area contributed by atoms with E-state index in [0.717, 1.165) is 27.4 Å². The summed E-state index contributed by atoms with van der Waals surface area (Å²) < 4.78 is 4.62. The first kappa shape index (κ1) is 12.2. The van der Waals surface area contributed by atoms with Crippen molar-refractivity contribution < 1.29 is 14.3 Å². The molecule has 1 aromatic carbocycles. The van der Waals surface area contributed by atoms with E-state index in [1.54, 1.807) is 0 Å². The van der Waals surface area contributed by atoms with Gasteiger partial charge in [-0.05, 0) is 11.6 Å². The molecule has 1 rings (SSSR count). The van der Waals surface area contributed by atoms with E-state index in [-0.39, 0.29) is 0 Å². The molecule has 0 aliphatic heterocycles. The number of thiol groups is 2. The van der Waals surface area contributed by atoms with Gasteiger partial charge in [0.15, 0.2) is 0 Å². The Balaban J connectivity index is 2.46. The van der Waals surface area contributed by atoms with Crippen molar-refractivity contribution in [2.75, 3.05) is 7.11 Å². The Morgan fingerprint density at radius 1 is 1.36 bits per heavy atom. The molecule has 0 amide bonds. The Hall–Kier alpha value is 0.150. The molecule has 0 spiro atoms. The van der Waals surface area contributed by atoms with Gasteiger partial charge in [-0.25, -0.2) is 4.89 Å². The molecular formula is C8H10O3S3. The van der Waals surface area contributed by atoms with Crippen molar-refractivity contribution in [2.24, 2.45) is 0 Å². The smallest absolute Gasteiger partial charge is 0.0744 e. The lowest BCUT2D eigenvalue weighted by atomic mass is 10.2. The van der Waals surface area contributed by atoms with Gasteiger partial charge in [-0.1, -0.05) is 17.2 Å². The fourth-order valence-corrected chi connectivity index (χ4v) is 1.90. The highest BCUT2D eigenvalue weighted by Gasteiger charge is 2.02. The van der Waals surface area contributed by atoms with E-state index in [0.29, 0.717) is 5.75 Å². The summed E-state index contributed by atoms with van der Waals surface area (Å²) in [5.41, 5.74) is 1.03. The summed E-state index contributed by atoms with van der Waals surface area (Å²) in [5.74, 6) is 0.622. The summed E-state index contributed by atoms with van der Waals surface area (Å²) in [7, 11) is 1.37. The standard InChI is InChI=1S/C8H10O3S3/c1-9-10-11-14-5-6-3-2-4-7(12)8(6)13/h2-4,12-13H,5H2,1H3. The van der Waals surface area contributed by atoms with Crippen LogP contribution in [0.3, 0.4) is 0 Å².